The van der Waals surface area contributed by atoms with Crippen LogP contribution in [0.2, 0.25) is 5.02 Å². The van der Waals surface area contributed by atoms with Crippen LogP contribution in [0, 0.1) is 6.92 Å². The van der Waals surface area contributed by atoms with Gasteiger partial charge < -0.3 is 10.5 Å². The number of halogens is 1. The van der Waals surface area contributed by atoms with E-state index in [0.717, 1.165) is 29.7 Å². The summed E-state index contributed by atoms with van der Waals surface area (Å²) in [6.45, 7) is 3.28. The summed E-state index contributed by atoms with van der Waals surface area (Å²) in [7, 11) is 0. The molecular weight excluding hydrogens is 306 g/mol. The maximum Gasteiger partial charge on any atom is 0.141 e. The maximum absolute atomic E-state index is 6.53. The first-order valence-electron chi connectivity index (χ1n) is 8.32. The lowest BCUT2D eigenvalue weighted by Gasteiger charge is -2.29. The summed E-state index contributed by atoms with van der Waals surface area (Å²) in [5.74, 6) is 0.782. The van der Waals surface area contributed by atoms with Gasteiger partial charge in [0, 0.05) is 12.0 Å². The van der Waals surface area contributed by atoms with Crippen LogP contribution in [0.1, 0.15) is 42.4 Å². The molecule has 1 fully saturated rings. The van der Waals surface area contributed by atoms with E-state index in [0.29, 0.717) is 18.2 Å². The number of benzene rings is 2. The largest absolute Gasteiger partial charge is 0.487 e. The molecule has 1 aliphatic carbocycles. The lowest BCUT2D eigenvalue weighted by atomic mass is 9.78. The molecule has 0 heterocycles. The van der Waals surface area contributed by atoms with Gasteiger partial charge in [-0.3, -0.25) is 0 Å². The van der Waals surface area contributed by atoms with Crippen molar-refractivity contribution in [2.24, 2.45) is 5.73 Å². The molecule has 0 bridgehead atoms. The first-order chi connectivity index (χ1) is 11.1. The lowest BCUT2D eigenvalue weighted by Crippen LogP contribution is -2.32. The van der Waals surface area contributed by atoms with Crippen molar-refractivity contribution in [3.05, 3.63) is 64.2 Å². The summed E-state index contributed by atoms with van der Waals surface area (Å²) in [5, 5.41) is 0.690. The van der Waals surface area contributed by atoms with E-state index in [1.807, 2.05) is 18.2 Å². The second kappa shape index (κ2) is 6.94. The number of rotatable bonds is 5. The van der Waals surface area contributed by atoms with Gasteiger partial charge in [0.05, 0.1) is 5.02 Å². The van der Waals surface area contributed by atoms with Gasteiger partial charge in [-0.2, -0.15) is 0 Å². The van der Waals surface area contributed by atoms with Crippen LogP contribution in [0.15, 0.2) is 42.5 Å². The van der Waals surface area contributed by atoms with Gasteiger partial charge in [-0.25, -0.2) is 0 Å². The standard InChI is InChI=1S/C20H24ClNO/c1-15-11-17(20(14-22)9-5-6-10-20)12-18(21)19(15)23-13-16-7-3-2-4-8-16/h2-4,7-8,11-12H,5-6,9-10,13-14,22H2,1H3. The Morgan fingerprint density at radius 1 is 1.13 bits per heavy atom. The summed E-state index contributed by atoms with van der Waals surface area (Å²) in [4.78, 5) is 0. The molecule has 3 rings (SSSR count). The third-order valence-electron chi connectivity index (χ3n) is 5.02. The SMILES string of the molecule is Cc1cc(C2(CN)CCCC2)cc(Cl)c1OCc1ccccc1. The predicted molar refractivity (Wildman–Crippen MR) is 96.2 cm³/mol. The molecule has 2 aromatic rings. The zero-order valence-electron chi connectivity index (χ0n) is 13.6. The summed E-state index contributed by atoms with van der Waals surface area (Å²) in [5.41, 5.74) is 9.70. The van der Waals surface area contributed by atoms with Crippen LogP contribution in [-0.2, 0) is 12.0 Å². The van der Waals surface area contributed by atoms with Crippen LogP contribution in [0.4, 0.5) is 0 Å². The average Bonchev–Trinajstić information content (AvgIpc) is 3.05. The van der Waals surface area contributed by atoms with Gasteiger partial charge in [-0.15, -0.1) is 0 Å². The van der Waals surface area contributed by atoms with Crippen molar-refractivity contribution in [1.82, 2.24) is 0 Å². The monoisotopic (exact) mass is 329 g/mol. The quantitative estimate of drug-likeness (QED) is 0.838. The molecule has 0 spiro atoms. The smallest absolute Gasteiger partial charge is 0.141 e. The summed E-state index contributed by atoms with van der Waals surface area (Å²) >= 11 is 6.53. The number of hydrogen-bond acceptors (Lipinski definition) is 2. The van der Waals surface area contributed by atoms with Crippen molar-refractivity contribution < 1.29 is 4.74 Å². The van der Waals surface area contributed by atoms with Crippen molar-refractivity contribution in [2.45, 2.75) is 44.6 Å². The van der Waals surface area contributed by atoms with Gasteiger partial charge >= 0.3 is 0 Å². The van der Waals surface area contributed by atoms with Crippen molar-refractivity contribution in [3.8, 4) is 5.75 Å². The van der Waals surface area contributed by atoms with Crippen molar-refractivity contribution in [2.75, 3.05) is 6.54 Å². The Hall–Kier alpha value is -1.51. The van der Waals surface area contributed by atoms with E-state index < -0.39 is 0 Å². The van der Waals surface area contributed by atoms with Gasteiger partial charge in [0.2, 0.25) is 0 Å². The summed E-state index contributed by atoms with van der Waals surface area (Å²) in [6, 6.07) is 14.4. The highest BCUT2D eigenvalue weighted by Crippen LogP contribution is 2.43. The number of hydrogen-bond donors (Lipinski definition) is 1. The zero-order chi connectivity index (χ0) is 16.3. The van der Waals surface area contributed by atoms with Crippen LogP contribution in [0.5, 0.6) is 5.75 Å². The van der Waals surface area contributed by atoms with Crippen LogP contribution < -0.4 is 10.5 Å². The maximum atomic E-state index is 6.53. The highest BCUT2D eigenvalue weighted by Gasteiger charge is 2.35. The van der Waals surface area contributed by atoms with Gasteiger partial charge in [0.15, 0.2) is 0 Å². The Kier molecular flexibility index (Phi) is 4.93. The minimum atomic E-state index is 0.104. The summed E-state index contributed by atoms with van der Waals surface area (Å²) < 4.78 is 5.97. The molecule has 0 saturated heterocycles. The van der Waals surface area contributed by atoms with Crippen LogP contribution in [0.3, 0.4) is 0 Å². The van der Waals surface area contributed by atoms with Crippen molar-refractivity contribution in [1.29, 1.82) is 0 Å². The molecule has 1 aliphatic rings. The van der Waals surface area contributed by atoms with Crippen LogP contribution >= 0.6 is 11.6 Å². The Balaban J connectivity index is 1.83. The van der Waals surface area contributed by atoms with Crippen LogP contribution in [0.25, 0.3) is 0 Å². The third-order valence-corrected chi connectivity index (χ3v) is 5.30. The van der Waals surface area contributed by atoms with E-state index in [1.165, 1.54) is 18.4 Å². The Morgan fingerprint density at radius 2 is 1.83 bits per heavy atom. The van der Waals surface area contributed by atoms with E-state index in [9.17, 15) is 0 Å². The molecule has 2 nitrogen and oxygen atoms in total. The fourth-order valence-electron chi connectivity index (χ4n) is 3.61. The fourth-order valence-corrected chi connectivity index (χ4v) is 3.93. The topological polar surface area (TPSA) is 35.2 Å². The predicted octanol–water partition coefficient (Wildman–Crippen LogP) is 5.00. The van der Waals surface area contributed by atoms with E-state index in [4.69, 9.17) is 22.1 Å². The number of ether oxygens (including phenoxy) is 1. The normalized spacial score (nSPS) is 16.5. The first kappa shape index (κ1) is 16.4. The lowest BCUT2D eigenvalue weighted by molar-refractivity contribution is 0.304. The highest BCUT2D eigenvalue weighted by molar-refractivity contribution is 6.32. The molecule has 1 saturated carbocycles. The second-order valence-corrected chi connectivity index (χ2v) is 6.98. The molecular formula is C20H24ClNO. The summed E-state index contributed by atoms with van der Waals surface area (Å²) in [6.07, 6.45) is 4.81. The number of aryl methyl sites for hydroxylation is 1. The molecule has 122 valence electrons. The molecule has 0 aliphatic heterocycles. The molecule has 3 heteroatoms. The third kappa shape index (κ3) is 3.39. The Morgan fingerprint density at radius 3 is 2.43 bits per heavy atom. The Labute approximate surface area is 143 Å². The molecule has 0 aromatic heterocycles. The first-order valence-corrected chi connectivity index (χ1v) is 8.70. The van der Waals surface area contributed by atoms with Gasteiger partial charge in [-0.1, -0.05) is 60.8 Å². The van der Waals surface area contributed by atoms with E-state index in [1.54, 1.807) is 0 Å². The van der Waals surface area contributed by atoms with E-state index in [-0.39, 0.29) is 5.41 Å². The second-order valence-electron chi connectivity index (χ2n) is 6.57. The molecule has 2 N–H and O–H groups in total. The molecule has 0 amide bonds. The van der Waals surface area contributed by atoms with Crippen molar-refractivity contribution in [3.63, 3.8) is 0 Å². The van der Waals surface area contributed by atoms with E-state index in [2.05, 4.69) is 31.2 Å². The minimum absolute atomic E-state index is 0.104. The van der Waals surface area contributed by atoms with Gasteiger partial charge in [-0.05, 0) is 42.5 Å². The van der Waals surface area contributed by atoms with Gasteiger partial charge in [0.1, 0.15) is 12.4 Å². The molecule has 2 aromatic carbocycles. The van der Waals surface area contributed by atoms with Crippen molar-refractivity contribution >= 4 is 11.6 Å². The molecule has 0 atom stereocenters. The van der Waals surface area contributed by atoms with Gasteiger partial charge in [0.25, 0.3) is 0 Å². The zero-order valence-corrected chi connectivity index (χ0v) is 14.4. The van der Waals surface area contributed by atoms with Crippen LogP contribution in [-0.4, -0.2) is 6.54 Å². The molecule has 0 unspecified atom stereocenters. The highest BCUT2D eigenvalue weighted by atomic mass is 35.5. The molecule has 0 radical (unpaired) electrons. The fraction of sp³-hybridized carbons (Fsp3) is 0.400. The Bertz CT molecular complexity index is 640. The van der Waals surface area contributed by atoms with E-state index >= 15 is 0 Å². The average molecular weight is 330 g/mol. The number of nitrogens with two attached hydrogens (primary N) is 1. The minimum Gasteiger partial charge on any atom is -0.487 e. The molecule has 23 heavy (non-hydrogen) atoms.